The van der Waals surface area contributed by atoms with Gasteiger partial charge in [-0.15, -0.1) is 0 Å². The largest absolute Gasteiger partial charge is 0.462 e. The quantitative estimate of drug-likeness (QED) is 0.199. The van der Waals surface area contributed by atoms with Crippen LogP contribution in [0.5, 0.6) is 5.75 Å². The Bertz CT molecular complexity index is 943. The maximum atomic E-state index is 13.6. The topological polar surface area (TPSA) is 129 Å². The van der Waals surface area contributed by atoms with Gasteiger partial charge in [0.2, 0.25) is 6.29 Å². The van der Waals surface area contributed by atoms with Crippen LogP contribution in [-0.4, -0.2) is 52.6 Å². The summed E-state index contributed by atoms with van der Waals surface area (Å²) in [7, 11) is 0. The van der Waals surface area contributed by atoms with Crippen molar-refractivity contribution in [2.24, 2.45) is 5.84 Å². The lowest BCUT2D eigenvalue weighted by molar-refractivity contribution is -0.250. The molecule has 1 aliphatic rings. The van der Waals surface area contributed by atoms with Gasteiger partial charge >= 0.3 is 0 Å². The van der Waals surface area contributed by atoms with Gasteiger partial charge in [-0.25, -0.2) is 13.2 Å². The molecule has 2 aromatic carbocycles. The first-order valence-corrected chi connectivity index (χ1v) is 9.75. The molecule has 1 saturated heterocycles. The van der Waals surface area contributed by atoms with Crippen molar-refractivity contribution < 1.29 is 38.0 Å². The van der Waals surface area contributed by atoms with Crippen LogP contribution in [0.15, 0.2) is 42.6 Å². The Labute approximate surface area is 186 Å². The number of nitrogens with two attached hydrogens (primary N) is 1. The van der Waals surface area contributed by atoms with Crippen LogP contribution in [0.3, 0.4) is 0 Å². The highest BCUT2D eigenvalue weighted by Crippen LogP contribution is 2.26. The number of halogens is 4. The molecule has 2 aromatic rings. The van der Waals surface area contributed by atoms with E-state index in [-0.39, 0.29) is 11.3 Å². The number of hydrogen-bond acceptors (Lipinski definition) is 8. The number of aliphatic hydroxyl groups excluding tert-OH is 3. The van der Waals surface area contributed by atoms with Gasteiger partial charge in [0.15, 0.2) is 17.5 Å². The van der Waals surface area contributed by atoms with Crippen molar-refractivity contribution in [1.82, 2.24) is 10.7 Å². The number of rotatable bonds is 7. The first-order valence-electron chi connectivity index (χ1n) is 9.37. The Morgan fingerprint density at radius 2 is 1.75 bits per heavy atom. The summed E-state index contributed by atoms with van der Waals surface area (Å²) in [6.07, 6.45) is -4.16. The van der Waals surface area contributed by atoms with Gasteiger partial charge in [-0.1, -0.05) is 11.6 Å². The lowest BCUT2D eigenvalue weighted by atomic mass is 9.96. The zero-order valence-corrected chi connectivity index (χ0v) is 17.1. The molecule has 1 fully saturated rings. The van der Waals surface area contributed by atoms with E-state index in [0.29, 0.717) is 22.9 Å². The van der Waals surface area contributed by atoms with E-state index in [0.717, 1.165) is 6.20 Å². The van der Waals surface area contributed by atoms with Crippen LogP contribution in [0.2, 0.25) is 5.02 Å². The van der Waals surface area contributed by atoms with E-state index in [1.807, 2.05) is 0 Å². The SMILES string of the molecule is NN/C(=C\NC1C(O)[C@@H](Oc2ccc(Cl)cc2)OC(CO)[C@@H]1O)c1cc(F)c(F)c(F)c1. The van der Waals surface area contributed by atoms with Gasteiger partial charge in [-0.05, 0) is 36.4 Å². The van der Waals surface area contributed by atoms with Crippen LogP contribution in [0, 0.1) is 17.5 Å². The summed E-state index contributed by atoms with van der Waals surface area (Å²) < 4.78 is 51.4. The van der Waals surface area contributed by atoms with Gasteiger partial charge in [0, 0.05) is 16.8 Å². The Kier molecular flexibility index (Phi) is 7.82. The number of benzene rings is 2. The van der Waals surface area contributed by atoms with Crippen LogP contribution in [0.1, 0.15) is 5.56 Å². The Hall–Kier alpha value is -2.54. The first-order chi connectivity index (χ1) is 15.2. The van der Waals surface area contributed by atoms with Crippen molar-refractivity contribution in [3.05, 3.63) is 70.6 Å². The number of ether oxygens (including phenoxy) is 2. The summed E-state index contributed by atoms with van der Waals surface area (Å²) >= 11 is 5.83. The molecular formula is C20H21ClF3N3O5. The summed E-state index contributed by atoms with van der Waals surface area (Å²) in [5.41, 5.74) is 1.98. The van der Waals surface area contributed by atoms with Crippen LogP contribution < -0.4 is 21.3 Å². The van der Waals surface area contributed by atoms with Gasteiger partial charge in [-0.3, -0.25) is 5.84 Å². The average Bonchev–Trinajstić information content (AvgIpc) is 2.77. The van der Waals surface area contributed by atoms with Gasteiger partial charge < -0.3 is 35.5 Å². The molecule has 174 valence electrons. The zero-order valence-electron chi connectivity index (χ0n) is 16.4. The van der Waals surface area contributed by atoms with E-state index in [2.05, 4.69) is 10.7 Å². The number of aliphatic hydroxyl groups is 3. The fourth-order valence-corrected chi connectivity index (χ4v) is 3.25. The van der Waals surface area contributed by atoms with E-state index < -0.39 is 54.7 Å². The molecule has 7 N–H and O–H groups in total. The van der Waals surface area contributed by atoms with Crippen molar-refractivity contribution >= 4 is 17.3 Å². The lowest BCUT2D eigenvalue weighted by Gasteiger charge is -2.42. The Morgan fingerprint density at radius 3 is 2.31 bits per heavy atom. The van der Waals surface area contributed by atoms with Gasteiger partial charge in [0.05, 0.1) is 18.3 Å². The Balaban J connectivity index is 1.82. The van der Waals surface area contributed by atoms with E-state index in [4.69, 9.17) is 26.9 Å². The highest BCUT2D eigenvalue weighted by molar-refractivity contribution is 6.30. The van der Waals surface area contributed by atoms with Crippen molar-refractivity contribution in [2.75, 3.05) is 6.61 Å². The van der Waals surface area contributed by atoms with Crippen molar-refractivity contribution in [3.63, 3.8) is 0 Å². The molecular weight excluding hydrogens is 455 g/mol. The molecule has 8 nitrogen and oxygen atoms in total. The molecule has 0 saturated carbocycles. The second-order valence-electron chi connectivity index (χ2n) is 6.93. The smallest absolute Gasteiger partial charge is 0.228 e. The molecule has 32 heavy (non-hydrogen) atoms. The van der Waals surface area contributed by atoms with Gasteiger partial charge in [0.1, 0.15) is 24.1 Å². The van der Waals surface area contributed by atoms with Gasteiger partial charge in [0.25, 0.3) is 0 Å². The molecule has 0 amide bonds. The molecule has 0 spiro atoms. The molecule has 5 atom stereocenters. The highest BCUT2D eigenvalue weighted by atomic mass is 35.5. The highest BCUT2D eigenvalue weighted by Gasteiger charge is 2.45. The molecule has 12 heteroatoms. The Morgan fingerprint density at radius 1 is 1.12 bits per heavy atom. The summed E-state index contributed by atoms with van der Waals surface area (Å²) in [5.74, 6) is 1.22. The maximum absolute atomic E-state index is 13.6. The van der Waals surface area contributed by atoms with Crippen LogP contribution >= 0.6 is 11.6 Å². The molecule has 0 radical (unpaired) electrons. The molecule has 0 aliphatic carbocycles. The minimum Gasteiger partial charge on any atom is -0.462 e. The predicted molar refractivity (Wildman–Crippen MR) is 108 cm³/mol. The van der Waals surface area contributed by atoms with E-state index in [1.54, 1.807) is 12.1 Å². The lowest BCUT2D eigenvalue weighted by Crippen LogP contribution is -2.64. The fourth-order valence-electron chi connectivity index (χ4n) is 3.13. The van der Waals surface area contributed by atoms with Crippen molar-refractivity contribution in [1.29, 1.82) is 0 Å². The van der Waals surface area contributed by atoms with E-state index >= 15 is 0 Å². The summed E-state index contributed by atoms with van der Waals surface area (Å²) in [5, 5.41) is 33.8. The number of hydrogen-bond donors (Lipinski definition) is 6. The molecule has 1 heterocycles. The third-order valence-electron chi connectivity index (χ3n) is 4.82. The van der Waals surface area contributed by atoms with Crippen LogP contribution in [0.4, 0.5) is 13.2 Å². The zero-order chi connectivity index (χ0) is 23.4. The predicted octanol–water partition coefficient (Wildman–Crippen LogP) is 0.995. The third-order valence-corrected chi connectivity index (χ3v) is 5.07. The second-order valence-corrected chi connectivity index (χ2v) is 7.36. The molecule has 1 aliphatic heterocycles. The average molecular weight is 476 g/mol. The first kappa shape index (κ1) is 24.1. The molecule has 0 bridgehead atoms. The molecule has 3 unspecified atom stereocenters. The monoisotopic (exact) mass is 475 g/mol. The summed E-state index contributed by atoms with van der Waals surface area (Å²) in [6.45, 7) is -0.591. The van der Waals surface area contributed by atoms with E-state index in [9.17, 15) is 28.5 Å². The standard InChI is InChI=1S/C20H21ClF3N3O5/c21-10-1-3-11(4-2-10)31-20-19(30)17(18(29)15(8-28)32-20)26-7-14(27-25)9-5-12(22)16(24)13(23)6-9/h1-7,15,17-20,26-30H,8,25H2/b14-7-/t15?,17?,18-,19?,20-/m0/s1. The minimum absolute atomic E-state index is 0.0793. The summed E-state index contributed by atoms with van der Waals surface area (Å²) in [4.78, 5) is 0. The number of nitrogens with one attached hydrogen (secondary N) is 2. The van der Waals surface area contributed by atoms with Crippen molar-refractivity contribution in [2.45, 2.75) is 30.6 Å². The van der Waals surface area contributed by atoms with Crippen molar-refractivity contribution in [3.8, 4) is 5.75 Å². The molecule has 0 aromatic heterocycles. The normalized spacial score (nSPS) is 26.0. The second kappa shape index (κ2) is 10.4. The summed E-state index contributed by atoms with van der Waals surface area (Å²) in [6, 6.07) is 6.46. The number of hydrazine groups is 1. The van der Waals surface area contributed by atoms with Gasteiger partial charge in [-0.2, -0.15) is 0 Å². The van der Waals surface area contributed by atoms with Crippen LogP contribution in [0.25, 0.3) is 5.70 Å². The minimum atomic E-state index is -1.64. The van der Waals surface area contributed by atoms with E-state index in [1.165, 1.54) is 12.1 Å². The third kappa shape index (κ3) is 5.26. The fraction of sp³-hybridized carbons (Fsp3) is 0.300. The maximum Gasteiger partial charge on any atom is 0.228 e. The van der Waals surface area contributed by atoms with Crippen LogP contribution in [-0.2, 0) is 4.74 Å². The molecule has 3 rings (SSSR count).